The van der Waals surface area contributed by atoms with Gasteiger partial charge in [0.2, 0.25) is 5.91 Å². The van der Waals surface area contributed by atoms with Crippen LogP contribution in [0.4, 0.5) is 5.69 Å². The quantitative estimate of drug-likeness (QED) is 0.638. The summed E-state index contributed by atoms with van der Waals surface area (Å²) in [5.41, 5.74) is 9.11. The highest BCUT2D eigenvalue weighted by molar-refractivity contribution is 6.59. The summed E-state index contributed by atoms with van der Waals surface area (Å²) in [4.78, 5) is 16.7. The number of methoxy groups -OCH3 is 1. The third kappa shape index (κ3) is 3.85. The van der Waals surface area contributed by atoms with Crippen LogP contribution in [-0.2, 0) is 0 Å². The van der Waals surface area contributed by atoms with Crippen LogP contribution in [0, 0.1) is 6.92 Å². The summed E-state index contributed by atoms with van der Waals surface area (Å²) in [6.45, 7) is 5.36. The summed E-state index contributed by atoms with van der Waals surface area (Å²) < 4.78 is 5.56. The smallest absolute Gasteiger partial charge is 0.488 e. The van der Waals surface area contributed by atoms with Gasteiger partial charge in [-0.3, -0.25) is 4.79 Å². The molecule has 2 aromatic rings. The van der Waals surface area contributed by atoms with E-state index in [1.165, 1.54) is 0 Å². The average molecular weight is 383 g/mol. The van der Waals surface area contributed by atoms with Crippen molar-refractivity contribution in [2.24, 2.45) is 5.73 Å². The maximum atomic E-state index is 12.2. The lowest BCUT2D eigenvalue weighted by Gasteiger charge is -2.35. The zero-order valence-electron chi connectivity index (χ0n) is 16.5. The summed E-state index contributed by atoms with van der Waals surface area (Å²) in [5, 5.41) is 19.1. The highest BCUT2D eigenvalue weighted by Gasteiger charge is 2.23. The van der Waals surface area contributed by atoms with Crippen LogP contribution >= 0.6 is 0 Å². The number of amides is 1. The second-order valence-electron chi connectivity index (χ2n) is 7.12. The van der Waals surface area contributed by atoms with E-state index in [2.05, 4.69) is 16.8 Å². The summed E-state index contributed by atoms with van der Waals surface area (Å²) in [6.07, 6.45) is 0. The Morgan fingerprint density at radius 2 is 1.82 bits per heavy atom. The van der Waals surface area contributed by atoms with Crippen LogP contribution in [0.15, 0.2) is 30.3 Å². The molecule has 0 aliphatic carbocycles. The Kier molecular flexibility index (Phi) is 5.93. The number of ether oxygens (including phenoxy) is 1. The minimum atomic E-state index is -1.66. The SMILES string of the molecule is COc1ccc(-c2ccc(B(O)O)c(C)c2C(N)=O)cc1N1CCN(C)CC1. The summed E-state index contributed by atoms with van der Waals surface area (Å²) in [7, 11) is 2.08. The zero-order chi connectivity index (χ0) is 20.4. The third-order valence-electron chi connectivity index (χ3n) is 5.37. The molecule has 3 rings (SSSR count). The highest BCUT2D eigenvalue weighted by atomic mass is 16.5. The Balaban J connectivity index is 2.10. The molecule has 0 aromatic heterocycles. The number of carbonyl (C=O) groups is 1. The number of nitrogens with two attached hydrogens (primary N) is 1. The van der Waals surface area contributed by atoms with E-state index < -0.39 is 13.0 Å². The van der Waals surface area contributed by atoms with Gasteiger partial charge in [-0.25, -0.2) is 0 Å². The van der Waals surface area contributed by atoms with Gasteiger partial charge in [0, 0.05) is 31.7 Å². The summed E-state index contributed by atoms with van der Waals surface area (Å²) >= 11 is 0. The number of primary amides is 1. The molecule has 1 aliphatic rings. The second-order valence-corrected chi connectivity index (χ2v) is 7.12. The number of nitrogens with zero attached hydrogens (tertiary/aromatic N) is 2. The number of rotatable bonds is 5. The van der Waals surface area contributed by atoms with E-state index in [1.54, 1.807) is 26.2 Å². The van der Waals surface area contributed by atoms with E-state index in [1.807, 2.05) is 18.2 Å². The van der Waals surface area contributed by atoms with Crippen molar-refractivity contribution in [1.29, 1.82) is 0 Å². The normalized spacial score (nSPS) is 14.8. The van der Waals surface area contributed by atoms with Gasteiger partial charge in [0.25, 0.3) is 0 Å². The third-order valence-corrected chi connectivity index (χ3v) is 5.37. The molecule has 0 atom stereocenters. The zero-order valence-corrected chi connectivity index (χ0v) is 16.5. The van der Waals surface area contributed by atoms with E-state index in [0.29, 0.717) is 16.7 Å². The molecule has 0 bridgehead atoms. The van der Waals surface area contributed by atoms with E-state index in [4.69, 9.17) is 10.5 Å². The van der Waals surface area contributed by atoms with Crippen LogP contribution in [0.25, 0.3) is 11.1 Å². The van der Waals surface area contributed by atoms with Crippen molar-refractivity contribution in [3.63, 3.8) is 0 Å². The lowest BCUT2D eigenvalue weighted by molar-refractivity contribution is 0.100. The fourth-order valence-corrected chi connectivity index (χ4v) is 3.72. The monoisotopic (exact) mass is 383 g/mol. The number of benzene rings is 2. The van der Waals surface area contributed by atoms with E-state index in [9.17, 15) is 14.8 Å². The molecule has 7 nitrogen and oxygen atoms in total. The van der Waals surface area contributed by atoms with Crippen molar-refractivity contribution in [3.8, 4) is 16.9 Å². The molecule has 0 spiro atoms. The Bertz CT molecular complexity index is 880. The Morgan fingerprint density at radius 3 is 2.39 bits per heavy atom. The Morgan fingerprint density at radius 1 is 1.14 bits per heavy atom. The molecule has 28 heavy (non-hydrogen) atoms. The van der Waals surface area contributed by atoms with Crippen LogP contribution in [0.5, 0.6) is 5.75 Å². The van der Waals surface area contributed by atoms with Gasteiger partial charge in [-0.15, -0.1) is 0 Å². The van der Waals surface area contributed by atoms with Gasteiger partial charge in [-0.2, -0.15) is 0 Å². The van der Waals surface area contributed by atoms with Crippen molar-refractivity contribution in [2.45, 2.75) is 6.92 Å². The summed E-state index contributed by atoms with van der Waals surface area (Å²) in [5.74, 6) is 0.167. The predicted octanol–water partition coefficient (Wildman–Crippen LogP) is 0.201. The highest BCUT2D eigenvalue weighted by Crippen LogP contribution is 2.35. The van der Waals surface area contributed by atoms with Crippen molar-refractivity contribution in [2.75, 3.05) is 45.2 Å². The lowest BCUT2D eigenvalue weighted by Crippen LogP contribution is -2.44. The number of piperazine rings is 1. The number of hydrogen-bond donors (Lipinski definition) is 3. The standard InChI is InChI=1S/C20H26BN3O4/c1-13-16(21(26)27)6-5-15(19(13)20(22)25)14-4-7-18(28-3)17(12-14)24-10-8-23(2)9-11-24/h4-7,12,26-27H,8-11H2,1-3H3,(H2,22,25). The largest absolute Gasteiger partial charge is 0.495 e. The van der Waals surface area contributed by atoms with Crippen LogP contribution in [0.3, 0.4) is 0 Å². The molecule has 1 heterocycles. The maximum Gasteiger partial charge on any atom is 0.488 e. The number of anilines is 1. The van der Waals surface area contributed by atoms with Crippen LogP contribution in [0.2, 0.25) is 0 Å². The van der Waals surface area contributed by atoms with Crippen LogP contribution in [0.1, 0.15) is 15.9 Å². The first-order valence-electron chi connectivity index (χ1n) is 9.24. The first-order chi connectivity index (χ1) is 13.3. The van der Waals surface area contributed by atoms with Gasteiger partial charge in [0.05, 0.1) is 12.8 Å². The van der Waals surface area contributed by atoms with Crippen molar-refractivity contribution >= 4 is 24.2 Å². The van der Waals surface area contributed by atoms with Gasteiger partial charge in [-0.1, -0.05) is 18.2 Å². The first-order valence-corrected chi connectivity index (χ1v) is 9.24. The maximum absolute atomic E-state index is 12.2. The van der Waals surface area contributed by atoms with Gasteiger partial charge in [0.1, 0.15) is 5.75 Å². The second kappa shape index (κ2) is 8.22. The van der Waals surface area contributed by atoms with E-state index in [0.717, 1.165) is 43.2 Å². The first kappa shape index (κ1) is 20.2. The number of carbonyl (C=O) groups excluding carboxylic acids is 1. The van der Waals surface area contributed by atoms with Crippen LogP contribution in [-0.4, -0.2) is 68.3 Å². The van der Waals surface area contributed by atoms with Gasteiger partial charge in [0.15, 0.2) is 0 Å². The van der Waals surface area contributed by atoms with Crippen LogP contribution < -0.4 is 20.8 Å². The number of likely N-dealkylation sites (N-methyl/N-ethyl adjacent to an activating group) is 1. The molecule has 0 unspecified atom stereocenters. The summed E-state index contributed by atoms with van der Waals surface area (Å²) in [6, 6.07) is 9.09. The van der Waals surface area contributed by atoms with Crippen molar-refractivity contribution < 1.29 is 19.6 Å². The Hall–Kier alpha value is -2.55. The van der Waals surface area contributed by atoms with E-state index in [-0.39, 0.29) is 5.46 Å². The Labute approximate surface area is 165 Å². The average Bonchev–Trinajstić information content (AvgIpc) is 2.67. The minimum Gasteiger partial charge on any atom is -0.495 e. The fraction of sp³-hybridized carbons (Fsp3) is 0.350. The predicted molar refractivity (Wildman–Crippen MR) is 111 cm³/mol. The molecule has 148 valence electrons. The van der Waals surface area contributed by atoms with Gasteiger partial charge in [-0.05, 0) is 48.3 Å². The van der Waals surface area contributed by atoms with Crippen molar-refractivity contribution in [3.05, 3.63) is 41.5 Å². The molecule has 1 saturated heterocycles. The number of hydrogen-bond acceptors (Lipinski definition) is 6. The fourth-order valence-electron chi connectivity index (χ4n) is 3.72. The van der Waals surface area contributed by atoms with Crippen molar-refractivity contribution in [1.82, 2.24) is 4.90 Å². The molecule has 1 amide bonds. The molecule has 1 fully saturated rings. The minimum absolute atomic E-state index is 0.269. The topological polar surface area (TPSA) is 99.3 Å². The van der Waals surface area contributed by atoms with Gasteiger partial charge < -0.3 is 30.3 Å². The molecular formula is C20H26BN3O4. The molecule has 8 heteroatoms. The molecule has 1 aliphatic heterocycles. The lowest BCUT2D eigenvalue weighted by atomic mass is 9.74. The molecule has 2 aromatic carbocycles. The van der Waals surface area contributed by atoms with Gasteiger partial charge >= 0.3 is 7.12 Å². The molecule has 0 saturated carbocycles. The molecular weight excluding hydrogens is 357 g/mol. The van der Waals surface area contributed by atoms with E-state index >= 15 is 0 Å². The molecule has 0 radical (unpaired) electrons. The molecule has 4 N–H and O–H groups in total.